The maximum absolute atomic E-state index is 11.0. The van der Waals surface area contributed by atoms with Crippen molar-refractivity contribution in [3.63, 3.8) is 0 Å². The van der Waals surface area contributed by atoms with E-state index in [2.05, 4.69) is 5.92 Å². The van der Waals surface area contributed by atoms with E-state index in [0.29, 0.717) is 17.7 Å². The minimum Gasteiger partial charge on any atom is -0.496 e. The highest BCUT2D eigenvalue weighted by atomic mass is 16.7. The SMILES string of the molecule is C#Cc1ccc(Cc2cc(C3(O)O[C@H](CO)[C@@H](O)[C@H](O)[C@H]3O)ccc2OC)cc1. The highest BCUT2D eigenvalue weighted by Gasteiger charge is 2.53. The molecule has 0 bridgehead atoms. The lowest BCUT2D eigenvalue weighted by atomic mass is 9.87. The third-order valence-electron chi connectivity index (χ3n) is 5.18. The normalized spacial score (nSPS) is 29.3. The average molecular weight is 400 g/mol. The van der Waals surface area contributed by atoms with Crippen molar-refractivity contribution < 1.29 is 35.0 Å². The fourth-order valence-electron chi connectivity index (χ4n) is 3.47. The zero-order valence-corrected chi connectivity index (χ0v) is 15.9. The van der Waals surface area contributed by atoms with Crippen molar-refractivity contribution in [3.8, 4) is 18.1 Å². The van der Waals surface area contributed by atoms with E-state index in [4.69, 9.17) is 15.9 Å². The molecule has 7 heteroatoms. The molecule has 0 amide bonds. The van der Waals surface area contributed by atoms with E-state index in [0.717, 1.165) is 11.1 Å². The second kappa shape index (κ2) is 8.51. The predicted octanol–water partition coefficient (Wildman–Crippen LogP) is -0.114. The van der Waals surface area contributed by atoms with Gasteiger partial charge in [-0.25, -0.2) is 0 Å². The molecule has 1 aliphatic heterocycles. The Bertz CT molecular complexity index is 887. The monoisotopic (exact) mass is 400 g/mol. The van der Waals surface area contributed by atoms with Gasteiger partial charge < -0.3 is 35.0 Å². The molecule has 0 saturated carbocycles. The molecule has 3 rings (SSSR count). The van der Waals surface area contributed by atoms with Crippen molar-refractivity contribution in [1.29, 1.82) is 0 Å². The zero-order valence-electron chi connectivity index (χ0n) is 15.9. The molecular formula is C22H24O7. The van der Waals surface area contributed by atoms with Crippen LogP contribution in [0.15, 0.2) is 42.5 Å². The Morgan fingerprint density at radius 1 is 1.10 bits per heavy atom. The topological polar surface area (TPSA) is 120 Å². The lowest BCUT2D eigenvalue weighted by molar-refractivity contribution is -0.357. The van der Waals surface area contributed by atoms with Crippen LogP contribution in [0.1, 0.15) is 22.3 Å². The van der Waals surface area contributed by atoms with Crippen LogP contribution in [0.2, 0.25) is 0 Å². The molecule has 0 spiro atoms. The third-order valence-corrected chi connectivity index (χ3v) is 5.18. The van der Waals surface area contributed by atoms with Crippen LogP contribution >= 0.6 is 0 Å². The van der Waals surface area contributed by atoms with E-state index in [9.17, 15) is 25.5 Å². The first-order valence-electron chi connectivity index (χ1n) is 9.12. The summed E-state index contributed by atoms with van der Waals surface area (Å²) < 4.78 is 10.8. The molecule has 29 heavy (non-hydrogen) atoms. The minimum atomic E-state index is -2.32. The van der Waals surface area contributed by atoms with Crippen LogP contribution in [0.5, 0.6) is 5.75 Å². The molecule has 2 aromatic carbocycles. The quantitative estimate of drug-likeness (QED) is 0.444. The van der Waals surface area contributed by atoms with Gasteiger partial charge in [0.25, 0.3) is 0 Å². The Morgan fingerprint density at radius 3 is 2.38 bits per heavy atom. The molecule has 5 N–H and O–H groups in total. The molecule has 1 unspecified atom stereocenters. The average Bonchev–Trinajstić information content (AvgIpc) is 2.75. The molecule has 0 aromatic heterocycles. The maximum atomic E-state index is 11.0. The van der Waals surface area contributed by atoms with Gasteiger partial charge in [0, 0.05) is 17.5 Å². The highest BCUT2D eigenvalue weighted by Crippen LogP contribution is 2.38. The first-order valence-corrected chi connectivity index (χ1v) is 9.12. The lowest BCUT2D eigenvalue weighted by Crippen LogP contribution is -2.63. The van der Waals surface area contributed by atoms with Gasteiger partial charge in [0.1, 0.15) is 30.2 Å². The molecule has 1 fully saturated rings. The van der Waals surface area contributed by atoms with Crippen molar-refractivity contribution in [2.24, 2.45) is 0 Å². The number of ether oxygens (including phenoxy) is 2. The van der Waals surface area contributed by atoms with Crippen molar-refractivity contribution >= 4 is 0 Å². The van der Waals surface area contributed by atoms with Crippen LogP contribution in [0.25, 0.3) is 0 Å². The van der Waals surface area contributed by atoms with Gasteiger partial charge in [-0.1, -0.05) is 18.1 Å². The molecule has 0 aliphatic carbocycles. The largest absolute Gasteiger partial charge is 0.496 e. The Morgan fingerprint density at radius 2 is 1.79 bits per heavy atom. The predicted molar refractivity (Wildman–Crippen MR) is 104 cm³/mol. The Kier molecular flexibility index (Phi) is 6.24. The third kappa shape index (κ3) is 4.00. The van der Waals surface area contributed by atoms with Gasteiger partial charge in [-0.15, -0.1) is 6.42 Å². The van der Waals surface area contributed by atoms with Crippen LogP contribution in [-0.4, -0.2) is 63.7 Å². The number of aliphatic hydroxyl groups is 5. The summed E-state index contributed by atoms with van der Waals surface area (Å²) in [4.78, 5) is 0. The van der Waals surface area contributed by atoms with Gasteiger partial charge in [0.05, 0.1) is 13.7 Å². The molecule has 5 atom stereocenters. The fraction of sp³-hybridized carbons (Fsp3) is 0.364. The molecule has 1 saturated heterocycles. The van der Waals surface area contributed by atoms with Crippen LogP contribution in [0.3, 0.4) is 0 Å². The van der Waals surface area contributed by atoms with Crippen molar-refractivity contribution in [2.75, 3.05) is 13.7 Å². The minimum absolute atomic E-state index is 0.158. The second-order valence-electron chi connectivity index (χ2n) is 7.01. The standard InChI is InChI=1S/C22H24O7/c1-3-13-4-6-14(7-5-13)10-15-11-16(8-9-17(15)28-2)22(27)21(26)20(25)19(24)18(12-23)29-22/h1,4-9,11,18-21,23-27H,10,12H2,2H3/t18-,19-,20+,21-,22?/m1/s1. The number of aliphatic hydroxyl groups excluding tert-OH is 4. The van der Waals surface area contributed by atoms with Gasteiger partial charge in [0.15, 0.2) is 0 Å². The van der Waals surface area contributed by atoms with Crippen molar-refractivity contribution in [2.45, 2.75) is 36.6 Å². The van der Waals surface area contributed by atoms with Crippen LogP contribution in [-0.2, 0) is 16.9 Å². The number of methoxy groups -OCH3 is 1. The molecule has 2 aromatic rings. The molecule has 1 aliphatic rings. The van der Waals surface area contributed by atoms with E-state index < -0.39 is 36.8 Å². The summed E-state index contributed by atoms with van der Waals surface area (Å²) in [5.41, 5.74) is 2.56. The Labute approximate surface area is 168 Å². The maximum Gasteiger partial charge on any atom is 0.222 e. The fourth-order valence-corrected chi connectivity index (χ4v) is 3.47. The molecule has 154 valence electrons. The first-order chi connectivity index (χ1) is 13.8. The lowest BCUT2D eigenvalue weighted by Gasteiger charge is -2.45. The number of rotatable bonds is 5. The van der Waals surface area contributed by atoms with E-state index in [1.54, 1.807) is 12.1 Å². The molecular weight excluding hydrogens is 376 g/mol. The first kappa shape index (κ1) is 21.3. The van der Waals surface area contributed by atoms with Crippen LogP contribution < -0.4 is 4.74 Å². The van der Waals surface area contributed by atoms with Gasteiger partial charge in [-0.3, -0.25) is 0 Å². The summed E-state index contributed by atoms with van der Waals surface area (Å²) in [7, 11) is 1.52. The van der Waals surface area contributed by atoms with E-state index in [-0.39, 0.29) is 5.56 Å². The van der Waals surface area contributed by atoms with Gasteiger partial charge in [-0.05, 0) is 41.5 Å². The number of hydrogen-bond acceptors (Lipinski definition) is 7. The van der Waals surface area contributed by atoms with Crippen molar-refractivity contribution in [1.82, 2.24) is 0 Å². The Hall–Kier alpha value is -2.44. The van der Waals surface area contributed by atoms with E-state index in [1.807, 2.05) is 24.3 Å². The summed E-state index contributed by atoms with van der Waals surface area (Å²) in [6.07, 6.45) is -0.499. The Balaban J connectivity index is 1.97. The summed E-state index contributed by atoms with van der Waals surface area (Å²) in [6, 6.07) is 12.1. The summed E-state index contributed by atoms with van der Waals surface area (Å²) in [6.45, 7) is -0.641. The highest BCUT2D eigenvalue weighted by molar-refractivity contribution is 5.43. The molecule has 1 heterocycles. The van der Waals surface area contributed by atoms with Gasteiger partial charge >= 0.3 is 0 Å². The summed E-state index contributed by atoms with van der Waals surface area (Å²) in [5.74, 6) is 0.793. The van der Waals surface area contributed by atoms with Crippen LogP contribution in [0.4, 0.5) is 0 Å². The summed E-state index contributed by atoms with van der Waals surface area (Å²) >= 11 is 0. The summed E-state index contributed by atoms with van der Waals surface area (Å²) in [5, 5.41) is 50.8. The second-order valence-corrected chi connectivity index (χ2v) is 7.01. The van der Waals surface area contributed by atoms with Gasteiger partial charge in [-0.2, -0.15) is 0 Å². The molecule has 7 nitrogen and oxygen atoms in total. The van der Waals surface area contributed by atoms with E-state index >= 15 is 0 Å². The number of hydrogen-bond donors (Lipinski definition) is 5. The zero-order chi connectivity index (χ0) is 21.2. The van der Waals surface area contributed by atoms with Crippen molar-refractivity contribution in [3.05, 3.63) is 64.7 Å². The van der Waals surface area contributed by atoms with Crippen LogP contribution in [0, 0.1) is 12.3 Å². The number of benzene rings is 2. The van der Waals surface area contributed by atoms with Gasteiger partial charge in [0.2, 0.25) is 5.79 Å². The number of terminal acetylenes is 1. The molecule has 0 radical (unpaired) electrons. The van der Waals surface area contributed by atoms with E-state index in [1.165, 1.54) is 13.2 Å². The smallest absolute Gasteiger partial charge is 0.222 e.